The summed E-state index contributed by atoms with van der Waals surface area (Å²) in [7, 11) is 0. The lowest BCUT2D eigenvalue weighted by molar-refractivity contribution is 0.594. The number of pyridine rings is 1. The molecule has 0 spiro atoms. The maximum absolute atomic E-state index is 4.89. The van der Waals surface area contributed by atoms with Gasteiger partial charge in [-0.15, -0.1) is 11.3 Å². The molecule has 3 heterocycles. The van der Waals surface area contributed by atoms with Crippen LogP contribution in [0.5, 0.6) is 0 Å². The monoisotopic (exact) mass is 449 g/mol. The highest BCUT2D eigenvalue weighted by molar-refractivity contribution is 7.23. The molecule has 0 radical (unpaired) electrons. The van der Waals surface area contributed by atoms with Crippen molar-refractivity contribution in [2.45, 2.75) is 52.4 Å². The van der Waals surface area contributed by atoms with Crippen molar-refractivity contribution in [3.8, 4) is 21.7 Å². The third-order valence-electron chi connectivity index (χ3n) is 6.95. The van der Waals surface area contributed by atoms with Gasteiger partial charge in [-0.1, -0.05) is 65.0 Å². The van der Waals surface area contributed by atoms with E-state index in [0.29, 0.717) is 0 Å². The molecular weight excluding hydrogens is 422 g/mol. The van der Waals surface area contributed by atoms with Crippen LogP contribution >= 0.6 is 11.3 Å². The molecule has 5 aromatic rings. The third kappa shape index (κ3) is 2.90. The quantitative estimate of drug-likeness (QED) is 0.262. The highest BCUT2D eigenvalue weighted by atomic mass is 32.1. The van der Waals surface area contributed by atoms with Crippen molar-refractivity contribution in [1.29, 1.82) is 0 Å². The van der Waals surface area contributed by atoms with Crippen LogP contribution in [-0.4, -0.2) is 15.0 Å². The summed E-state index contributed by atoms with van der Waals surface area (Å²) >= 11 is 1.83. The van der Waals surface area contributed by atoms with Gasteiger partial charge in [0.05, 0.1) is 21.4 Å². The second-order valence-corrected chi connectivity index (χ2v) is 11.7. The highest BCUT2D eigenvalue weighted by Gasteiger charge is 2.39. The zero-order chi connectivity index (χ0) is 23.1. The number of fused-ring (bicyclic) bond motifs is 6. The van der Waals surface area contributed by atoms with Gasteiger partial charge in [0.25, 0.3) is 0 Å². The lowest BCUT2D eigenvalue weighted by Gasteiger charge is -2.22. The molecule has 0 amide bonds. The Balaban J connectivity index is 1.66. The maximum Gasteiger partial charge on any atom is 0.116 e. The second kappa shape index (κ2) is 6.71. The summed E-state index contributed by atoms with van der Waals surface area (Å²) in [6, 6.07) is 17.6. The summed E-state index contributed by atoms with van der Waals surface area (Å²) in [5.74, 6) is 0. The Kier molecular flexibility index (Phi) is 4.16. The average molecular weight is 450 g/mol. The first kappa shape index (κ1) is 20.5. The molecule has 2 aromatic carbocycles. The second-order valence-electron chi connectivity index (χ2n) is 10.7. The van der Waals surface area contributed by atoms with Gasteiger partial charge in [0.2, 0.25) is 0 Å². The van der Waals surface area contributed by atoms with Crippen molar-refractivity contribution < 1.29 is 0 Å². The molecular formula is C29H27N3S. The zero-order valence-corrected chi connectivity index (χ0v) is 20.8. The molecule has 6 rings (SSSR count). The average Bonchev–Trinajstić information content (AvgIpc) is 3.27. The van der Waals surface area contributed by atoms with E-state index in [4.69, 9.17) is 15.0 Å². The fourth-order valence-corrected chi connectivity index (χ4v) is 6.75. The van der Waals surface area contributed by atoms with Gasteiger partial charge in [-0.2, -0.15) is 0 Å². The van der Waals surface area contributed by atoms with Crippen LogP contribution in [0, 0.1) is 6.92 Å². The van der Waals surface area contributed by atoms with Gasteiger partial charge in [-0.25, -0.2) is 9.97 Å². The fourth-order valence-electron chi connectivity index (χ4n) is 5.29. The van der Waals surface area contributed by atoms with Crippen molar-refractivity contribution in [2.24, 2.45) is 0 Å². The normalized spacial score (nSPS) is 14.6. The first-order valence-electron chi connectivity index (χ1n) is 11.5. The van der Waals surface area contributed by atoms with Crippen LogP contribution in [0.2, 0.25) is 0 Å². The standard InChI is InChI=1S/C29H27N3S/c1-16-11-12-17-13-18(14-21(23(17)32-16)28(2,3)4)24-27-25(31-15-30-24)22-26(33-27)19-9-7-8-10-20(19)29(22,5)6/h7-15H,1-6H3. The van der Waals surface area contributed by atoms with Crippen LogP contribution in [0.25, 0.3) is 42.8 Å². The zero-order valence-electron chi connectivity index (χ0n) is 19.9. The van der Waals surface area contributed by atoms with Crippen LogP contribution in [0.1, 0.15) is 57.0 Å². The van der Waals surface area contributed by atoms with E-state index in [1.165, 1.54) is 31.8 Å². The van der Waals surface area contributed by atoms with Gasteiger partial charge in [0, 0.05) is 32.5 Å². The van der Waals surface area contributed by atoms with Gasteiger partial charge in [0.1, 0.15) is 6.33 Å². The van der Waals surface area contributed by atoms with E-state index in [9.17, 15) is 0 Å². The number of thiophene rings is 1. The molecule has 1 aliphatic rings. The van der Waals surface area contributed by atoms with E-state index in [2.05, 4.69) is 90.1 Å². The predicted molar refractivity (Wildman–Crippen MR) is 139 cm³/mol. The van der Waals surface area contributed by atoms with Crippen molar-refractivity contribution in [2.75, 3.05) is 0 Å². The molecule has 0 bridgehead atoms. The molecule has 0 unspecified atom stereocenters. The Morgan fingerprint density at radius 3 is 2.48 bits per heavy atom. The largest absolute Gasteiger partial charge is 0.253 e. The minimum absolute atomic E-state index is 0.0284. The van der Waals surface area contributed by atoms with Gasteiger partial charge < -0.3 is 0 Å². The molecule has 0 atom stereocenters. The van der Waals surface area contributed by atoms with E-state index < -0.39 is 0 Å². The van der Waals surface area contributed by atoms with E-state index in [0.717, 1.165) is 33.4 Å². The fraction of sp³-hybridized carbons (Fsp3) is 0.276. The van der Waals surface area contributed by atoms with Crippen LogP contribution in [0.15, 0.2) is 54.9 Å². The predicted octanol–water partition coefficient (Wildman–Crippen LogP) is 7.82. The van der Waals surface area contributed by atoms with E-state index >= 15 is 0 Å². The molecule has 1 aliphatic carbocycles. The lowest BCUT2D eigenvalue weighted by atomic mass is 9.82. The first-order valence-corrected chi connectivity index (χ1v) is 12.3. The lowest BCUT2D eigenvalue weighted by Crippen LogP contribution is -2.15. The summed E-state index contributed by atoms with van der Waals surface area (Å²) in [5, 5.41) is 1.16. The van der Waals surface area contributed by atoms with Gasteiger partial charge >= 0.3 is 0 Å². The molecule has 0 saturated heterocycles. The minimum atomic E-state index is -0.0722. The number of hydrogen-bond donors (Lipinski definition) is 0. The molecule has 4 heteroatoms. The summed E-state index contributed by atoms with van der Waals surface area (Å²) in [6.07, 6.45) is 1.73. The number of nitrogens with zero attached hydrogens (tertiary/aromatic N) is 3. The third-order valence-corrected chi connectivity index (χ3v) is 8.17. The number of benzene rings is 2. The Morgan fingerprint density at radius 2 is 1.70 bits per heavy atom. The Bertz CT molecular complexity index is 1580. The number of aryl methyl sites for hydroxylation is 1. The number of aromatic nitrogens is 3. The molecule has 3 aromatic heterocycles. The molecule has 3 nitrogen and oxygen atoms in total. The Labute approximate surface area is 198 Å². The van der Waals surface area contributed by atoms with Crippen molar-refractivity contribution in [1.82, 2.24) is 15.0 Å². The summed E-state index contributed by atoms with van der Waals surface area (Å²) in [6.45, 7) is 13.4. The van der Waals surface area contributed by atoms with Crippen LogP contribution < -0.4 is 0 Å². The van der Waals surface area contributed by atoms with Crippen molar-refractivity contribution >= 4 is 32.5 Å². The SMILES string of the molecule is Cc1ccc2cc(-c3ncnc4c5c(sc34)-c3ccccc3C5(C)C)cc(C(C)(C)C)c2n1. The topological polar surface area (TPSA) is 38.7 Å². The molecule has 0 aliphatic heterocycles. The van der Waals surface area contributed by atoms with E-state index in [1.807, 2.05) is 11.3 Å². The van der Waals surface area contributed by atoms with Crippen LogP contribution in [0.3, 0.4) is 0 Å². The number of hydrogen-bond acceptors (Lipinski definition) is 4. The van der Waals surface area contributed by atoms with Crippen LogP contribution in [-0.2, 0) is 10.8 Å². The molecule has 0 saturated carbocycles. The summed E-state index contributed by atoms with van der Waals surface area (Å²) in [5.41, 5.74) is 10.6. The Hall–Kier alpha value is -3.11. The first-order chi connectivity index (χ1) is 15.7. The summed E-state index contributed by atoms with van der Waals surface area (Å²) < 4.78 is 1.17. The molecule has 164 valence electrons. The molecule has 33 heavy (non-hydrogen) atoms. The maximum atomic E-state index is 4.89. The van der Waals surface area contributed by atoms with Gasteiger partial charge in [-0.3, -0.25) is 4.98 Å². The minimum Gasteiger partial charge on any atom is -0.253 e. The van der Waals surface area contributed by atoms with Crippen LogP contribution in [0.4, 0.5) is 0 Å². The van der Waals surface area contributed by atoms with E-state index in [1.54, 1.807) is 6.33 Å². The Morgan fingerprint density at radius 1 is 0.909 bits per heavy atom. The molecule has 0 N–H and O–H groups in total. The summed E-state index contributed by atoms with van der Waals surface area (Å²) in [4.78, 5) is 15.9. The number of rotatable bonds is 1. The van der Waals surface area contributed by atoms with Gasteiger partial charge in [0.15, 0.2) is 0 Å². The molecule has 0 fully saturated rings. The van der Waals surface area contributed by atoms with Crippen molar-refractivity contribution in [3.63, 3.8) is 0 Å². The van der Waals surface area contributed by atoms with Gasteiger partial charge in [-0.05, 0) is 47.2 Å². The van der Waals surface area contributed by atoms with E-state index in [-0.39, 0.29) is 10.8 Å². The highest BCUT2D eigenvalue weighted by Crippen LogP contribution is 2.55. The smallest absolute Gasteiger partial charge is 0.116 e. The van der Waals surface area contributed by atoms with Crippen molar-refractivity contribution in [3.05, 3.63) is 77.2 Å².